The number of aliphatic carboxylic acids is 1. The number of rotatable bonds is 7. The number of hydrogen-bond donors (Lipinski definition) is 2. The summed E-state index contributed by atoms with van der Waals surface area (Å²) in [6, 6.07) is 12.8. The van der Waals surface area contributed by atoms with Gasteiger partial charge in [0.2, 0.25) is 5.91 Å². The first-order valence-corrected chi connectivity index (χ1v) is 11.5. The molecule has 0 bridgehead atoms. The fraction of sp³-hybridized carbons (Fsp3) is 0.375. The number of Topliss-reactive ketones (excluding diaryl/α,β-unsaturated/α-hetero) is 1. The van der Waals surface area contributed by atoms with E-state index in [4.69, 9.17) is 37.8 Å². The van der Waals surface area contributed by atoms with Crippen LogP contribution in [0.3, 0.4) is 0 Å². The Hall–Kier alpha value is -2.66. The summed E-state index contributed by atoms with van der Waals surface area (Å²) in [5.41, 5.74) is 2.61. The predicted molar refractivity (Wildman–Crippen MR) is 128 cm³/mol. The molecule has 2 aromatic carbocycles. The number of amides is 1. The van der Waals surface area contributed by atoms with Crippen molar-refractivity contribution < 1.29 is 37.4 Å². The minimum atomic E-state index is -5.08. The van der Waals surface area contributed by atoms with Gasteiger partial charge in [-0.1, -0.05) is 53.5 Å². The summed E-state index contributed by atoms with van der Waals surface area (Å²) in [6.45, 7) is 4.92. The SMILES string of the molecule is CC(=O)c1ccc(CC(=O)NCC2CN(Cc3ccc(Cl)c(Cl)c3)CCO2)cc1.O=C(O)C(F)(F)F. The molecule has 7 nitrogen and oxygen atoms in total. The highest BCUT2D eigenvalue weighted by molar-refractivity contribution is 6.42. The molecule has 0 saturated carbocycles. The molecule has 1 amide bonds. The molecule has 1 aliphatic heterocycles. The molecule has 3 rings (SSSR count). The van der Waals surface area contributed by atoms with Crippen molar-refractivity contribution in [2.45, 2.75) is 32.2 Å². The van der Waals surface area contributed by atoms with Crippen LogP contribution in [0.15, 0.2) is 42.5 Å². The van der Waals surface area contributed by atoms with Gasteiger partial charge < -0.3 is 15.2 Å². The van der Waals surface area contributed by atoms with Gasteiger partial charge in [0.15, 0.2) is 5.78 Å². The van der Waals surface area contributed by atoms with Crippen LogP contribution in [0.2, 0.25) is 10.0 Å². The van der Waals surface area contributed by atoms with Gasteiger partial charge in [-0.05, 0) is 30.2 Å². The molecule has 0 aromatic heterocycles. The molecule has 12 heteroatoms. The van der Waals surface area contributed by atoms with E-state index in [1.807, 2.05) is 24.3 Å². The van der Waals surface area contributed by atoms with Gasteiger partial charge in [-0.3, -0.25) is 14.5 Å². The van der Waals surface area contributed by atoms with Crippen molar-refractivity contribution in [1.29, 1.82) is 0 Å². The van der Waals surface area contributed by atoms with E-state index in [0.29, 0.717) is 28.8 Å². The number of nitrogens with one attached hydrogen (secondary N) is 1. The minimum absolute atomic E-state index is 0.0147. The molecule has 36 heavy (non-hydrogen) atoms. The standard InChI is InChI=1S/C22H24Cl2N2O3.C2HF3O2/c1-15(27)18-5-2-16(3-6-18)11-22(28)25-12-19-14-26(8-9-29-19)13-17-4-7-20(23)21(24)10-17;3-2(4,5)1(6)7/h2-7,10,19H,8-9,11-14H2,1H3,(H,25,28);(H,6,7). The number of carboxylic acid groups (broad SMARTS) is 1. The average Bonchev–Trinajstić information content (AvgIpc) is 2.80. The van der Waals surface area contributed by atoms with Crippen LogP contribution in [-0.2, 0) is 27.3 Å². The molecule has 0 aliphatic carbocycles. The monoisotopic (exact) mass is 548 g/mol. The van der Waals surface area contributed by atoms with Crippen molar-refractivity contribution >= 4 is 40.9 Å². The number of carbonyl (C=O) groups excluding carboxylic acids is 2. The summed E-state index contributed by atoms with van der Waals surface area (Å²) in [7, 11) is 0. The van der Waals surface area contributed by atoms with E-state index in [1.54, 1.807) is 18.2 Å². The highest BCUT2D eigenvalue weighted by Gasteiger charge is 2.38. The summed E-state index contributed by atoms with van der Waals surface area (Å²) in [4.78, 5) is 34.7. The Bertz CT molecular complexity index is 1060. The van der Waals surface area contributed by atoms with Gasteiger partial charge >= 0.3 is 12.1 Å². The summed E-state index contributed by atoms with van der Waals surface area (Å²) in [5, 5.41) is 11.2. The molecular formula is C24H25Cl2F3N2O5. The van der Waals surface area contributed by atoms with Crippen molar-refractivity contribution in [2.24, 2.45) is 0 Å². The molecule has 0 spiro atoms. The van der Waals surface area contributed by atoms with E-state index < -0.39 is 12.1 Å². The Kier molecular flexibility index (Phi) is 11.2. The summed E-state index contributed by atoms with van der Waals surface area (Å²) in [5.74, 6) is -2.81. The molecule has 1 saturated heterocycles. The summed E-state index contributed by atoms with van der Waals surface area (Å²) < 4.78 is 37.5. The smallest absolute Gasteiger partial charge is 0.475 e. The van der Waals surface area contributed by atoms with Crippen LogP contribution in [0.5, 0.6) is 0 Å². The Balaban J connectivity index is 0.000000572. The lowest BCUT2D eigenvalue weighted by atomic mass is 10.1. The number of benzene rings is 2. The summed E-state index contributed by atoms with van der Waals surface area (Å²) >= 11 is 12.1. The predicted octanol–water partition coefficient (Wildman–Crippen LogP) is 4.39. The largest absolute Gasteiger partial charge is 0.490 e. The van der Waals surface area contributed by atoms with Crippen molar-refractivity contribution in [3.8, 4) is 0 Å². The average molecular weight is 549 g/mol. The van der Waals surface area contributed by atoms with Crippen LogP contribution in [0.4, 0.5) is 13.2 Å². The van der Waals surface area contributed by atoms with Gasteiger partial charge in [-0.25, -0.2) is 4.79 Å². The van der Waals surface area contributed by atoms with E-state index in [9.17, 15) is 22.8 Å². The lowest BCUT2D eigenvalue weighted by Gasteiger charge is -2.33. The third kappa shape index (κ3) is 10.1. The Labute approximate surface area is 216 Å². The molecule has 1 fully saturated rings. The van der Waals surface area contributed by atoms with E-state index >= 15 is 0 Å². The molecule has 0 radical (unpaired) electrons. The number of carboxylic acids is 1. The topological polar surface area (TPSA) is 95.9 Å². The fourth-order valence-corrected chi connectivity index (χ4v) is 3.60. The van der Waals surface area contributed by atoms with Crippen molar-refractivity contribution in [3.05, 3.63) is 69.2 Å². The highest BCUT2D eigenvalue weighted by atomic mass is 35.5. The third-order valence-corrected chi connectivity index (χ3v) is 5.85. The van der Waals surface area contributed by atoms with E-state index in [0.717, 1.165) is 30.8 Å². The number of morpholine rings is 1. The maximum atomic E-state index is 12.2. The number of halogens is 5. The third-order valence-electron chi connectivity index (χ3n) is 5.11. The maximum absolute atomic E-state index is 12.2. The van der Waals surface area contributed by atoms with Crippen LogP contribution in [-0.4, -0.2) is 66.2 Å². The van der Waals surface area contributed by atoms with Crippen molar-refractivity contribution in [1.82, 2.24) is 10.2 Å². The van der Waals surface area contributed by atoms with Crippen molar-refractivity contribution in [2.75, 3.05) is 26.2 Å². The molecular weight excluding hydrogens is 524 g/mol. The normalized spacial score (nSPS) is 16.0. The number of ether oxygens (including phenoxy) is 1. The molecule has 1 aliphatic rings. The van der Waals surface area contributed by atoms with Gasteiger partial charge in [-0.15, -0.1) is 0 Å². The van der Waals surface area contributed by atoms with Gasteiger partial charge in [0, 0.05) is 31.7 Å². The lowest BCUT2D eigenvalue weighted by molar-refractivity contribution is -0.192. The van der Waals surface area contributed by atoms with Crippen LogP contribution < -0.4 is 5.32 Å². The van der Waals surface area contributed by atoms with Crippen LogP contribution in [0, 0.1) is 0 Å². The van der Waals surface area contributed by atoms with Crippen LogP contribution >= 0.6 is 23.2 Å². The van der Waals surface area contributed by atoms with E-state index in [1.165, 1.54) is 6.92 Å². The molecule has 1 heterocycles. The quantitative estimate of drug-likeness (QED) is 0.498. The number of alkyl halides is 3. The number of nitrogens with zero attached hydrogens (tertiary/aromatic N) is 1. The molecule has 1 atom stereocenters. The van der Waals surface area contributed by atoms with E-state index in [2.05, 4.69) is 10.2 Å². The number of hydrogen-bond acceptors (Lipinski definition) is 5. The van der Waals surface area contributed by atoms with Gasteiger partial charge in [0.05, 0.1) is 29.2 Å². The van der Waals surface area contributed by atoms with Gasteiger partial charge in [-0.2, -0.15) is 13.2 Å². The van der Waals surface area contributed by atoms with Gasteiger partial charge in [0.25, 0.3) is 0 Å². The lowest BCUT2D eigenvalue weighted by Crippen LogP contribution is -2.47. The van der Waals surface area contributed by atoms with E-state index in [-0.39, 0.29) is 24.2 Å². The first kappa shape index (κ1) is 29.6. The maximum Gasteiger partial charge on any atom is 0.490 e. The molecule has 1 unspecified atom stereocenters. The zero-order valence-electron chi connectivity index (χ0n) is 19.3. The zero-order chi connectivity index (χ0) is 26.9. The Morgan fingerprint density at radius 1 is 1.08 bits per heavy atom. The van der Waals surface area contributed by atoms with Crippen molar-refractivity contribution in [3.63, 3.8) is 0 Å². The van der Waals surface area contributed by atoms with Crippen LogP contribution in [0.25, 0.3) is 0 Å². The molecule has 2 aromatic rings. The second kappa shape index (κ2) is 13.6. The Morgan fingerprint density at radius 2 is 1.69 bits per heavy atom. The zero-order valence-corrected chi connectivity index (χ0v) is 20.8. The second-order valence-corrected chi connectivity index (χ2v) is 8.83. The Morgan fingerprint density at radius 3 is 2.25 bits per heavy atom. The summed E-state index contributed by atoms with van der Waals surface area (Å²) in [6.07, 6.45) is -4.87. The van der Waals surface area contributed by atoms with Crippen LogP contribution in [0.1, 0.15) is 28.4 Å². The first-order chi connectivity index (χ1) is 16.8. The molecule has 2 N–H and O–H groups in total. The fourth-order valence-electron chi connectivity index (χ4n) is 3.28. The van der Waals surface area contributed by atoms with Gasteiger partial charge in [0.1, 0.15) is 0 Å². The second-order valence-electron chi connectivity index (χ2n) is 8.01. The molecule has 196 valence electrons. The first-order valence-electron chi connectivity index (χ1n) is 10.8. The minimum Gasteiger partial charge on any atom is -0.475 e. The number of carbonyl (C=O) groups is 3. The number of ketones is 1. The highest BCUT2D eigenvalue weighted by Crippen LogP contribution is 2.23.